The number of aromatic nitrogens is 1. The Morgan fingerprint density at radius 2 is 1.30 bits per heavy atom. The van der Waals surface area contributed by atoms with Crippen molar-refractivity contribution < 1.29 is 8.99 Å². The summed E-state index contributed by atoms with van der Waals surface area (Å²) in [6.45, 7) is 10.1. The van der Waals surface area contributed by atoms with Gasteiger partial charge in [-0.05, 0) is 52.2 Å². The van der Waals surface area contributed by atoms with Crippen LogP contribution < -0.4 is 19.4 Å². The van der Waals surface area contributed by atoms with Crippen LogP contribution in [0.25, 0.3) is 22.4 Å². The number of nitrogens with zero attached hydrogens (tertiary/aromatic N) is 1. The van der Waals surface area contributed by atoms with Crippen molar-refractivity contribution in [1.82, 2.24) is 0 Å². The van der Waals surface area contributed by atoms with Crippen LogP contribution >= 0.6 is 11.3 Å². The number of fused-ring (bicyclic) bond motifs is 1. The van der Waals surface area contributed by atoms with Gasteiger partial charge < -0.3 is 4.43 Å². The van der Waals surface area contributed by atoms with Crippen molar-refractivity contribution in [3.63, 3.8) is 0 Å². The third-order valence-electron chi connectivity index (χ3n) is 6.94. The third-order valence-corrected chi connectivity index (χ3v) is 13.0. The van der Waals surface area contributed by atoms with Gasteiger partial charge in [-0.1, -0.05) is 117 Å². The van der Waals surface area contributed by atoms with Gasteiger partial charge in [-0.25, -0.2) is 0 Å². The van der Waals surface area contributed by atoms with Crippen LogP contribution in [0.3, 0.4) is 0 Å². The molecule has 5 rings (SSSR count). The SMILES string of the molecule is CC[n+]1c(/C=C/c2ccc(O[Si](c3ccccc3)(c3ccccc3)C(C)(C)C)cc2)sc2ccccc21. The molecule has 0 unspecified atom stereocenters. The molecule has 1 heterocycles. The van der Waals surface area contributed by atoms with Gasteiger partial charge in [0.2, 0.25) is 5.52 Å². The highest BCUT2D eigenvalue weighted by atomic mass is 32.1. The van der Waals surface area contributed by atoms with Gasteiger partial charge in [0.15, 0.2) is 0 Å². The topological polar surface area (TPSA) is 13.1 Å². The van der Waals surface area contributed by atoms with Crippen LogP contribution in [0.15, 0.2) is 109 Å². The Morgan fingerprint density at radius 3 is 1.86 bits per heavy atom. The molecule has 0 fully saturated rings. The lowest BCUT2D eigenvalue weighted by atomic mass is 10.2. The molecule has 0 saturated carbocycles. The highest BCUT2D eigenvalue weighted by molar-refractivity contribution is 7.18. The van der Waals surface area contributed by atoms with Crippen molar-refractivity contribution in [3.8, 4) is 5.75 Å². The van der Waals surface area contributed by atoms with E-state index in [2.05, 4.69) is 154 Å². The largest absolute Gasteiger partial charge is 0.534 e. The monoisotopic (exact) mass is 520 g/mol. The van der Waals surface area contributed by atoms with E-state index in [1.54, 1.807) is 0 Å². The first kappa shape index (κ1) is 25.2. The summed E-state index contributed by atoms with van der Waals surface area (Å²) in [5.41, 5.74) is 2.46. The molecule has 1 aromatic heterocycles. The summed E-state index contributed by atoms with van der Waals surface area (Å²) in [6, 6.07) is 38.8. The predicted octanol–water partition coefficient (Wildman–Crippen LogP) is 7.32. The van der Waals surface area contributed by atoms with E-state index in [4.69, 9.17) is 4.43 Å². The second kappa shape index (κ2) is 10.5. The van der Waals surface area contributed by atoms with Crippen LogP contribution in [0.5, 0.6) is 5.75 Å². The zero-order valence-electron chi connectivity index (χ0n) is 22.0. The van der Waals surface area contributed by atoms with Crippen LogP contribution in [0.1, 0.15) is 38.3 Å². The second-order valence-electron chi connectivity index (χ2n) is 10.3. The Morgan fingerprint density at radius 1 is 0.730 bits per heavy atom. The maximum Gasteiger partial charge on any atom is 0.319 e. The normalized spacial score (nSPS) is 12.3. The van der Waals surface area contributed by atoms with Crippen molar-refractivity contribution in [2.75, 3.05) is 0 Å². The van der Waals surface area contributed by atoms with E-state index in [1.165, 1.54) is 25.6 Å². The van der Waals surface area contributed by atoms with Gasteiger partial charge in [-0.15, -0.1) is 0 Å². The molecule has 0 spiro atoms. The minimum Gasteiger partial charge on any atom is -0.534 e. The molecule has 0 bridgehead atoms. The maximum atomic E-state index is 7.15. The van der Waals surface area contributed by atoms with Gasteiger partial charge in [0, 0.05) is 12.1 Å². The van der Waals surface area contributed by atoms with Gasteiger partial charge in [-0.2, -0.15) is 4.57 Å². The highest BCUT2D eigenvalue weighted by Gasteiger charge is 2.52. The molecule has 5 aromatic rings. The van der Waals surface area contributed by atoms with E-state index in [0.717, 1.165) is 17.9 Å². The molecule has 186 valence electrons. The fourth-order valence-corrected chi connectivity index (χ4v) is 10.7. The molecule has 4 heteroatoms. The summed E-state index contributed by atoms with van der Waals surface area (Å²) in [7, 11) is -2.63. The molecule has 0 aliphatic rings. The number of hydrogen-bond acceptors (Lipinski definition) is 2. The van der Waals surface area contributed by atoms with E-state index in [9.17, 15) is 0 Å². The summed E-state index contributed by atoms with van der Waals surface area (Å²) in [6.07, 6.45) is 4.43. The Kier molecular flexibility index (Phi) is 7.14. The summed E-state index contributed by atoms with van der Waals surface area (Å²) in [5, 5.41) is 3.76. The average molecular weight is 521 g/mol. The van der Waals surface area contributed by atoms with Crippen molar-refractivity contribution in [1.29, 1.82) is 0 Å². The van der Waals surface area contributed by atoms with Crippen LogP contribution in [0, 0.1) is 0 Å². The van der Waals surface area contributed by atoms with Gasteiger partial charge in [-0.3, -0.25) is 0 Å². The minimum absolute atomic E-state index is 0.0662. The first-order valence-electron chi connectivity index (χ1n) is 12.9. The molecular weight excluding hydrogens is 487 g/mol. The van der Waals surface area contributed by atoms with Crippen molar-refractivity contribution >= 4 is 52.4 Å². The Hall–Kier alpha value is -3.47. The van der Waals surface area contributed by atoms with Gasteiger partial charge in [0.25, 0.3) is 5.01 Å². The van der Waals surface area contributed by atoms with E-state index in [-0.39, 0.29) is 5.04 Å². The van der Waals surface area contributed by atoms with Gasteiger partial charge in [0.1, 0.15) is 17.0 Å². The molecule has 0 N–H and O–H groups in total. The van der Waals surface area contributed by atoms with Crippen LogP contribution in [-0.4, -0.2) is 8.32 Å². The predicted molar refractivity (Wildman–Crippen MR) is 161 cm³/mol. The fraction of sp³-hybridized carbons (Fsp3) is 0.182. The van der Waals surface area contributed by atoms with Crippen LogP contribution in [0.2, 0.25) is 5.04 Å². The maximum absolute atomic E-state index is 7.15. The number of hydrogen-bond donors (Lipinski definition) is 0. The number of thiazole rings is 1. The standard InChI is InChI=1S/C33H34NOSSi/c1-5-34-30-18-12-13-19-31(30)36-32(34)25-22-26-20-23-27(24-21-26)35-37(33(2,3)4,28-14-8-6-9-15-28)29-16-10-7-11-17-29/h6-25H,5H2,1-4H3/q+1/b25-22+. The molecule has 0 aliphatic heterocycles. The quantitative estimate of drug-likeness (QED) is 0.162. The van der Waals surface area contributed by atoms with Gasteiger partial charge >= 0.3 is 8.32 Å². The van der Waals surface area contributed by atoms with Crippen molar-refractivity contribution in [3.05, 3.63) is 120 Å². The number of rotatable bonds is 7. The lowest BCUT2D eigenvalue weighted by Crippen LogP contribution is -2.68. The molecule has 37 heavy (non-hydrogen) atoms. The van der Waals surface area contributed by atoms with E-state index < -0.39 is 8.32 Å². The van der Waals surface area contributed by atoms with Crippen molar-refractivity contribution in [2.24, 2.45) is 0 Å². The lowest BCUT2D eigenvalue weighted by Gasteiger charge is -2.43. The van der Waals surface area contributed by atoms with Gasteiger partial charge in [0.05, 0.1) is 0 Å². The minimum atomic E-state index is -2.63. The Bertz CT molecular complexity index is 1460. The molecule has 0 atom stereocenters. The van der Waals surface area contributed by atoms with Crippen LogP contribution in [-0.2, 0) is 6.54 Å². The third kappa shape index (κ3) is 4.92. The molecule has 4 aromatic carbocycles. The summed E-state index contributed by atoms with van der Waals surface area (Å²) in [5.74, 6) is 0.914. The van der Waals surface area contributed by atoms with E-state index in [1.807, 2.05) is 11.3 Å². The average Bonchev–Trinajstić information content (AvgIpc) is 3.29. The number of aryl methyl sites for hydroxylation is 1. The lowest BCUT2D eigenvalue weighted by molar-refractivity contribution is -0.665. The highest BCUT2D eigenvalue weighted by Crippen LogP contribution is 2.37. The number of para-hydroxylation sites is 1. The first-order valence-corrected chi connectivity index (χ1v) is 15.6. The summed E-state index contributed by atoms with van der Waals surface area (Å²) in [4.78, 5) is 0. The van der Waals surface area contributed by atoms with Crippen LogP contribution in [0.4, 0.5) is 0 Å². The smallest absolute Gasteiger partial charge is 0.319 e. The zero-order chi connectivity index (χ0) is 25.9. The summed E-state index contributed by atoms with van der Waals surface area (Å²) >= 11 is 1.83. The fourth-order valence-electron chi connectivity index (χ4n) is 5.14. The van der Waals surface area contributed by atoms with E-state index >= 15 is 0 Å². The van der Waals surface area contributed by atoms with E-state index in [0.29, 0.717) is 0 Å². The molecular formula is C33H34NOSSi+. The Balaban J connectivity index is 1.48. The number of benzene rings is 4. The molecule has 0 radical (unpaired) electrons. The zero-order valence-corrected chi connectivity index (χ0v) is 23.8. The second-order valence-corrected chi connectivity index (χ2v) is 15.6. The first-order chi connectivity index (χ1) is 17.9. The molecule has 0 aliphatic carbocycles. The Labute approximate surface area is 225 Å². The molecule has 2 nitrogen and oxygen atoms in total. The molecule has 0 saturated heterocycles. The van der Waals surface area contributed by atoms with Crippen molar-refractivity contribution in [2.45, 2.75) is 39.3 Å². The summed E-state index contributed by atoms with van der Waals surface area (Å²) < 4.78 is 10.8. The molecule has 0 amide bonds.